The number of sulfonamides is 1. The van der Waals surface area contributed by atoms with Gasteiger partial charge < -0.3 is 4.74 Å². The number of ether oxygens (including phenoxy) is 1. The van der Waals surface area contributed by atoms with Gasteiger partial charge in [0.1, 0.15) is 5.82 Å². The van der Waals surface area contributed by atoms with Crippen LogP contribution in [0.3, 0.4) is 0 Å². The molecule has 0 radical (unpaired) electrons. The molecule has 24 heavy (non-hydrogen) atoms. The summed E-state index contributed by atoms with van der Waals surface area (Å²) in [6.07, 6.45) is 0.375. The molecule has 0 aromatic heterocycles. The lowest BCUT2D eigenvalue weighted by Crippen LogP contribution is -2.27. The van der Waals surface area contributed by atoms with Crippen molar-refractivity contribution in [3.63, 3.8) is 0 Å². The Labute approximate surface area is 140 Å². The van der Waals surface area contributed by atoms with Gasteiger partial charge in [0.25, 0.3) is 0 Å². The van der Waals surface area contributed by atoms with Crippen molar-refractivity contribution >= 4 is 16.0 Å². The Morgan fingerprint density at radius 3 is 2.50 bits per heavy atom. The number of rotatable bonds is 7. The largest absolute Gasteiger partial charge is 0.465 e. The zero-order valence-electron chi connectivity index (χ0n) is 13.2. The first-order valence-corrected chi connectivity index (χ1v) is 8.94. The molecule has 0 atom stereocenters. The van der Waals surface area contributed by atoms with Gasteiger partial charge in [-0.3, -0.25) is 0 Å². The second-order valence-corrected chi connectivity index (χ2v) is 7.10. The van der Waals surface area contributed by atoms with E-state index in [0.717, 1.165) is 11.6 Å². The number of carbonyl (C=O) groups is 1. The van der Waals surface area contributed by atoms with E-state index < -0.39 is 21.8 Å². The van der Waals surface area contributed by atoms with E-state index in [1.165, 1.54) is 19.2 Å². The number of aryl methyl sites for hydroxylation is 1. The lowest BCUT2D eigenvalue weighted by Gasteiger charge is -2.08. The van der Waals surface area contributed by atoms with E-state index in [-0.39, 0.29) is 23.4 Å². The number of carbonyl (C=O) groups excluding carboxylic acids is 1. The Morgan fingerprint density at radius 1 is 1.17 bits per heavy atom. The van der Waals surface area contributed by atoms with Gasteiger partial charge in [-0.25, -0.2) is 22.3 Å². The van der Waals surface area contributed by atoms with Gasteiger partial charge in [-0.1, -0.05) is 36.4 Å². The number of nitrogens with one attached hydrogen (secondary N) is 1. The van der Waals surface area contributed by atoms with E-state index in [9.17, 15) is 17.6 Å². The van der Waals surface area contributed by atoms with E-state index in [2.05, 4.69) is 9.46 Å². The lowest BCUT2D eigenvalue weighted by atomic mass is 10.1. The zero-order chi connectivity index (χ0) is 17.6. The molecular formula is C17H18FNO4S. The van der Waals surface area contributed by atoms with Crippen LogP contribution < -0.4 is 4.72 Å². The van der Waals surface area contributed by atoms with Crippen molar-refractivity contribution in [2.45, 2.75) is 13.0 Å². The average Bonchev–Trinajstić information content (AvgIpc) is 2.59. The number of benzene rings is 2. The molecule has 0 fully saturated rings. The molecule has 5 nitrogen and oxygen atoms in total. The monoisotopic (exact) mass is 351 g/mol. The molecule has 0 spiro atoms. The van der Waals surface area contributed by atoms with Crippen molar-refractivity contribution in [2.75, 3.05) is 12.9 Å². The summed E-state index contributed by atoms with van der Waals surface area (Å²) in [6, 6.07) is 13.0. The van der Waals surface area contributed by atoms with Crippen LogP contribution in [0.5, 0.6) is 0 Å². The molecule has 0 bridgehead atoms. The summed E-state index contributed by atoms with van der Waals surface area (Å²) in [5.74, 6) is -1.40. The van der Waals surface area contributed by atoms with Gasteiger partial charge >= 0.3 is 5.97 Å². The maximum Gasteiger partial charge on any atom is 0.337 e. The summed E-state index contributed by atoms with van der Waals surface area (Å²) in [5.41, 5.74) is 1.15. The molecule has 0 saturated heterocycles. The molecule has 0 aliphatic rings. The van der Waals surface area contributed by atoms with E-state index in [4.69, 9.17) is 0 Å². The fraction of sp³-hybridized carbons (Fsp3) is 0.235. The molecule has 0 amide bonds. The third kappa shape index (κ3) is 5.14. The zero-order valence-corrected chi connectivity index (χ0v) is 14.0. The number of hydrogen-bond acceptors (Lipinski definition) is 4. The maximum absolute atomic E-state index is 13.9. The molecule has 7 heteroatoms. The predicted molar refractivity (Wildman–Crippen MR) is 88.5 cm³/mol. The summed E-state index contributed by atoms with van der Waals surface area (Å²) in [4.78, 5) is 11.3. The predicted octanol–water partition coefficient (Wildman–Crippen LogP) is 2.27. The van der Waals surface area contributed by atoms with Gasteiger partial charge in [0.15, 0.2) is 0 Å². The lowest BCUT2D eigenvalue weighted by molar-refractivity contribution is 0.0600. The minimum absolute atomic E-state index is 0.0747. The highest BCUT2D eigenvalue weighted by molar-refractivity contribution is 7.89. The van der Waals surface area contributed by atoms with E-state index in [0.29, 0.717) is 6.42 Å². The van der Waals surface area contributed by atoms with Crippen LogP contribution in [0.2, 0.25) is 0 Å². The Hall–Kier alpha value is -2.25. The van der Waals surface area contributed by atoms with Crippen molar-refractivity contribution in [1.82, 2.24) is 4.72 Å². The average molecular weight is 351 g/mol. The molecule has 128 valence electrons. The number of methoxy groups -OCH3 is 1. The van der Waals surface area contributed by atoms with Crippen molar-refractivity contribution in [1.29, 1.82) is 0 Å². The highest BCUT2D eigenvalue weighted by Gasteiger charge is 2.14. The summed E-state index contributed by atoms with van der Waals surface area (Å²) in [7, 11) is -2.33. The van der Waals surface area contributed by atoms with E-state index in [1.807, 2.05) is 30.3 Å². The Bertz CT molecular complexity index is 807. The van der Waals surface area contributed by atoms with Gasteiger partial charge in [-0.2, -0.15) is 0 Å². The number of hydrogen-bond donors (Lipinski definition) is 1. The second kappa shape index (κ2) is 8.03. The Kier molecular flexibility index (Phi) is 6.05. The fourth-order valence-corrected chi connectivity index (χ4v) is 3.12. The van der Waals surface area contributed by atoms with Gasteiger partial charge in [0.05, 0.1) is 18.4 Å². The standard InChI is InChI=1S/C17H18FNO4S/c1-23-17(20)14-7-8-15(16(18)11-14)12-19-24(21,22)10-9-13-5-3-2-4-6-13/h2-8,11,19H,9-10,12H2,1H3. The molecular weight excluding hydrogens is 333 g/mol. The smallest absolute Gasteiger partial charge is 0.337 e. The molecule has 0 aliphatic carbocycles. The van der Waals surface area contributed by atoms with Crippen LogP contribution in [0.1, 0.15) is 21.5 Å². The van der Waals surface area contributed by atoms with E-state index in [1.54, 1.807) is 0 Å². The highest BCUT2D eigenvalue weighted by atomic mass is 32.2. The first-order chi connectivity index (χ1) is 11.4. The van der Waals surface area contributed by atoms with Gasteiger partial charge in [0.2, 0.25) is 10.0 Å². The highest BCUT2D eigenvalue weighted by Crippen LogP contribution is 2.12. The summed E-state index contributed by atoms with van der Waals surface area (Å²) >= 11 is 0. The van der Waals surface area contributed by atoms with Crippen LogP contribution >= 0.6 is 0 Å². The molecule has 0 saturated carbocycles. The Morgan fingerprint density at radius 2 is 1.88 bits per heavy atom. The topological polar surface area (TPSA) is 72.5 Å². The van der Waals surface area contributed by atoms with Crippen LogP contribution in [0, 0.1) is 5.82 Å². The van der Waals surface area contributed by atoms with Crippen LogP contribution in [-0.2, 0) is 27.7 Å². The first-order valence-electron chi connectivity index (χ1n) is 7.29. The normalized spacial score (nSPS) is 11.2. The molecule has 2 aromatic carbocycles. The van der Waals surface area contributed by atoms with Crippen molar-refractivity contribution in [3.05, 3.63) is 71.0 Å². The molecule has 0 aliphatic heterocycles. The quantitative estimate of drug-likeness (QED) is 0.777. The van der Waals surface area contributed by atoms with Crippen LogP contribution in [0.25, 0.3) is 0 Å². The van der Waals surface area contributed by atoms with Crippen molar-refractivity contribution in [2.24, 2.45) is 0 Å². The third-order valence-corrected chi connectivity index (χ3v) is 4.78. The van der Waals surface area contributed by atoms with Gasteiger partial charge in [-0.05, 0) is 24.1 Å². The second-order valence-electron chi connectivity index (χ2n) is 5.17. The molecule has 0 heterocycles. The minimum Gasteiger partial charge on any atom is -0.465 e. The summed E-state index contributed by atoms with van der Waals surface area (Å²) < 4.78 is 44.8. The summed E-state index contributed by atoms with van der Waals surface area (Å²) in [5, 5.41) is 0. The minimum atomic E-state index is -3.53. The molecule has 0 unspecified atom stereocenters. The first kappa shape index (κ1) is 18.1. The molecule has 2 aromatic rings. The van der Waals surface area contributed by atoms with E-state index >= 15 is 0 Å². The third-order valence-electron chi connectivity index (χ3n) is 3.46. The fourth-order valence-electron chi connectivity index (χ4n) is 2.09. The number of esters is 1. The SMILES string of the molecule is COC(=O)c1ccc(CNS(=O)(=O)CCc2ccccc2)c(F)c1. The van der Waals surface area contributed by atoms with Crippen LogP contribution in [-0.4, -0.2) is 27.2 Å². The van der Waals surface area contributed by atoms with Crippen molar-refractivity contribution < 1.29 is 22.3 Å². The summed E-state index contributed by atoms with van der Waals surface area (Å²) in [6.45, 7) is -0.176. The number of halogens is 1. The van der Waals surface area contributed by atoms with Gasteiger partial charge in [0, 0.05) is 12.1 Å². The maximum atomic E-state index is 13.9. The molecule has 2 rings (SSSR count). The molecule has 1 N–H and O–H groups in total. The van der Waals surface area contributed by atoms with Crippen LogP contribution in [0.15, 0.2) is 48.5 Å². The van der Waals surface area contributed by atoms with Crippen molar-refractivity contribution in [3.8, 4) is 0 Å². The van der Waals surface area contributed by atoms with Gasteiger partial charge in [-0.15, -0.1) is 0 Å². The Balaban J connectivity index is 1.95. The van der Waals surface area contributed by atoms with Crippen LogP contribution in [0.4, 0.5) is 4.39 Å².